The molecule has 2 aromatic heterocycles. The first-order chi connectivity index (χ1) is 30.1. The number of aromatic nitrogens is 2. The van der Waals surface area contributed by atoms with Crippen LogP contribution in [0.15, 0.2) is 43.6 Å². The highest BCUT2D eigenvalue weighted by Crippen LogP contribution is 2.41. The van der Waals surface area contributed by atoms with Crippen molar-refractivity contribution in [2.24, 2.45) is 10.3 Å². The Morgan fingerprint density at radius 1 is 0.952 bits per heavy atom. The van der Waals surface area contributed by atoms with Crippen molar-refractivity contribution in [3.8, 4) is 0 Å². The van der Waals surface area contributed by atoms with Crippen molar-refractivity contribution < 1.29 is 66.9 Å². The van der Waals surface area contributed by atoms with E-state index >= 15 is 0 Å². The minimum Gasteiger partial charge on any atom is -0.456 e. The molecule has 0 aliphatic carbocycles. The zero-order chi connectivity index (χ0) is 45.5. The van der Waals surface area contributed by atoms with Crippen LogP contribution >= 0.6 is 46.2 Å². The van der Waals surface area contributed by atoms with E-state index in [-0.39, 0.29) is 63.4 Å². The van der Waals surface area contributed by atoms with E-state index < -0.39 is 76.9 Å². The van der Waals surface area contributed by atoms with Crippen molar-refractivity contribution in [3.05, 3.63) is 44.7 Å². The number of rotatable bonds is 17. The SMILES string of the molecule is COCC1=C(C(=O)OC(C)OC(=O)OC(C)C)N2C(=O)[C@@H](NC(=O)/C(=N\OC)c3csc(NC(=O)[C@@H](NC(=O)/C(=N\OC)c4csc(N)n4)[C@@H]4NC5=C(COC5=O)CS4)n3)[C@H]2SC1. The predicted molar refractivity (Wildman–Crippen MR) is 226 cm³/mol. The number of carbonyl (C=O) groups is 7. The molecule has 24 nitrogen and oxygen atoms in total. The number of oxime groups is 2. The highest BCUT2D eigenvalue weighted by Gasteiger charge is 2.55. The molecule has 4 aliphatic rings. The van der Waals surface area contributed by atoms with Gasteiger partial charge in [0.1, 0.15) is 66.4 Å². The fourth-order valence-electron chi connectivity index (χ4n) is 6.12. The van der Waals surface area contributed by atoms with Crippen molar-refractivity contribution in [3.63, 3.8) is 0 Å². The number of anilines is 2. The Morgan fingerprint density at radius 2 is 1.65 bits per heavy atom. The lowest BCUT2D eigenvalue weighted by atomic mass is 10.0. The number of thioether (sulfide) groups is 2. The molecule has 338 valence electrons. The van der Waals surface area contributed by atoms with Crippen LogP contribution in [-0.4, -0.2) is 149 Å². The average molecular weight is 953 g/mol. The molecule has 4 amide bonds. The third kappa shape index (κ3) is 10.6. The third-order valence-electron chi connectivity index (χ3n) is 8.78. The number of methoxy groups -OCH3 is 1. The number of nitrogens with zero attached hydrogens (tertiary/aromatic N) is 5. The monoisotopic (exact) mass is 952 g/mol. The molecule has 63 heavy (non-hydrogen) atoms. The Bertz CT molecular complexity index is 2290. The van der Waals surface area contributed by atoms with Gasteiger partial charge in [0.25, 0.3) is 23.6 Å². The average Bonchev–Trinajstić information content (AvgIpc) is 3.99. The van der Waals surface area contributed by atoms with Gasteiger partial charge in [0.15, 0.2) is 21.7 Å². The van der Waals surface area contributed by atoms with E-state index in [0.717, 1.165) is 27.6 Å². The van der Waals surface area contributed by atoms with Crippen molar-refractivity contribution in [1.82, 2.24) is 30.8 Å². The summed E-state index contributed by atoms with van der Waals surface area (Å²) in [7, 11) is 3.82. The summed E-state index contributed by atoms with van der Waals surface area (Å²) in [6.45, 7) is 4.60. The van der Waals surface area contributed by atoms with Crippen LogP contribution in [0, 0.1) is 0 Å². The molecule has 0 bridgehead atoms. The van der Waals surface area contributed by atoms with Gasteiger partial charge in [-0.25, -0.2) is 24.4 Å². The Balaban J connectivity index is 1.15. The van der Waals surface area contributed by atoms with E-state index in [1.54, 1.807) is 13.8 Å². The number of β-lactam (4-membered cyclic amide) rings is 1. The maximum Gasteiger partial charge on any atom is 0.511 e. The summed E-state index contributed by atoms with van der Waals surface area (Å²) in [4.78, 5) is 112. The molecule has 6 rings (SSSR count). The third-order valence-corrected chi connectivity index (χ3v) is 12.8. The lowest BCUT2D eigenvalue weighted by molar-refractivity contribution is -0.169. The molecule has 0 aromatic carbocycles. The molecular formula is C35H40N10O14S4. The summed E-state index contributed by atoms with van der Waals surface area (Å²) >= 11 is 4.44. The molecule has 6 heterocycles. The van der Waals surface area contributed by atoms with Crippen LogP contribution in [0.2, 0.25) is 0 Å². The zero-order valence-electron chi connectivity index (χ0n) is 34.1. The van der Waals surface area contributed by atoms with Gasteiger partial charge in [-0.1, -0.05) is 10.3 Å². The summed E-state index contributed by atoms with van der Waals surface area (Å²) in [5.41, 5.74) is 6.33. The van der Waals surface area contributed by atoms with Crippen LogP contribution in [0.1, 0.15) is 32.2 Å². The fourth-order valence-corrected chi connectivity index (χ4v) is 9.89. The van der Waals surface area contributed by atoms with Crippen LogP contribution in [-0.2, 0) is 62.1 Å². The number of hydrogen-bond donors (Lipinski definition) is 5. The molecule has 5 atom stereocenters. The van der Waals surface area contributed by atoms with Crippen molar-refractivity contribution in [1.29, 1.82) is 0 Å². The molecule has 2 aromatic rings. The van der Waals surface area contributed by atoms with Crippen molar-refractivity contribution in [2.75, 3.05) is 57.1 Å². The molecule has 1 saturated heterocycles. The smallest absolute Gasteiger partial charge is 0.456 e. The largest absolute Gasteiger partial charge is 0.511 e. The second-order valence-corrected chi connectivity index (χ2v) is 17.5. The normalized spacial score (nSPS) is 20.6. The minimum atomic E-state index is -1.39. The van der Waals surface area contributed by atoms with Gasteiger partial charge in [0.2, 0.25) is 6.29 Å². The van der Waals surface area contributed by atoms with Crippen molar-refractivity contribution in [2.45, 2.75) is 56.0 Å². The highest BCUT2D eigenvalue weighted by molar-refractivity contribution is 8.00. The summed E-state index contributed by atoms with van der Waals surface area (Å²) in [5, 5.41) is 19.8. The molecule has 1 fully saturated rings. The standard InChI is InChI=1S/C35H40N10O14S4/c1-13(2)57-35(52)59-14(3)58-32(51)24-16(7-53-4)10-61-30-23(29(49)45(24)30)40-26(47)21(44-55-6)18-12-63-34(38-18)42-27(48)22(28-41-19-15(9-60-28)8-56-31(19)50)39-25(46)20(43-54-5)17-11-62-33(36)37-17/h11-14,22-23,28,30,41H,7-10H2,1-6H3,(H2,36,37)(H,39,46)(H,40,47)(H,38,42,48)/b43-20-,44-21-/t14?,22-,23-,28-,30-/m1/s1. The molecule has 6 N–H and O–H groups in total. The Hall–Kier alpha value is -5.97. The lowest BCUT2D eigenvalue weighted by Gasteiger charge is -2.49. The topological polar surface area (TPSA) is 312 Å². The van der Waals surface area contributed by atoms with E-state index in [9.17, 15) is 33.6 Å². The maximum atomic E-state index is 14.0. The second-order valence-electron chi connectivity index (χ2n) is 13.5. The Labute approximate surface area is 374 Å². The number of thiazole rings is 2. The van der Waals surface area contributed by atoms with Crippen LogP contribution in [0.25, 0.3) is 0 Å². The number of amides is 4. The number of hydrogen-bond acceptors (Lipinski definition) is 24. The predicted octanol–water partition coefficient (Wildman–Crippen LogP) is 0.231. The van der Waals surface area contributed by atoms with Crippen LogP contribution in [0.5, 0.6) is 0 Å². The summed E-state index contributed by atoms with van der Waals surface area (Å²) in [6.07, 6.45) is -2.91. The van der Waals surface area contributed by atoms with E-state index in [1.807, 2.05) is 0 Å². The minimum absolute atomic E-state index is 0.0229. The molecular weight excluding hydrogens is 913 g/mol. The number of ether oxygens (including phenoxy) is 5. The maximum absolute atomic E-state index is 14.0. The van der Waals surface area contributed by atoms with Gasteiger partial charge in [-0.05, 0) is 19.4 Å². The first-order valence-corrected chi connectivity index (χ1v) is 22.3. The summed E-state index contributed by atoms with van der Waals surface area (Å²) in [5.74, 6) is -4.22. The van der Waals surface area contributed by atoms with Gasteiger partial charge in [0, 0.05) is 41.9 Å². The number of carbonyl (C=O) groups excluding carboxylic acids is 7. The number of nitrogens with one attached hydrogen (secondary N) is 4. The van der Waals surface area contributed by atoms with Gasteiger partial charge in [-0.15, -0.1) is 46.2 Å². The van der Waals surface area contributed by atoms with Gasteiger partial charge in [-0.3, -0.25) is 24.1 Å². The van der Waals surface area contributed by atoms with E-state index in [4.69, 9.17) is 39.1 Å². The molecule has 28 heteroatoms. The lowest BCUT2D eigenvalue weighted by Crippen LogP contribution is -2.71. The molecule has 0 saturated carbocycles. The van der Waals surface area contributed by atoms with E-state index in [2.05, 4.69) is 41.5 Å². The van der Waals surface area contributed by atoms with E-state index in [0.29, 0.717) is 16.9 Å². The Morgan fingerprint density at radius 3 is 2.32 bits per heavy atom. The van der Waals surface area contributed by atoms with Gasteiger partial charge >= 0.3 is 18.1 Å². The van der Waals surface area contributed by atoms with Crippen LogP contribution in [0.3, 0.4) is 0 Å². The number of nitrogens with two attached hydrogens (primary N) is 1. The first-order valence-electron chi connectivity index (χ1n) is 18.5. The number of cyclic esters (lactones) is 1. The fraction of sp³-hybridized carbons (Fsp3) is 0.457. The molecule has 1 unspecified atom stereocenters. The zero-order valence-corrected chi connectivity index (χ0v) is 37.4. The first kappa shape index (κ1) is 46.5. The highest BCUT2D eigenvalue weighted by atomic mass is 32.2. The number of nitrogen functional groups attached to an aromatic ring is 1. The van der Waals surface area contributed by atoms with E-state index in [1.165, 1.54) is 62.5 Å². The Kier molecular flexibility index (Phi) is 15.1. The number of fused-ring (bicyclic) bond motifs is 1. The quantitative estimate of drug-likeness (QED) is 0.0354. The van der Waals surface area contributed by atoms with Gasteiger partial charge in [0.05, 0.1) is 12.7 Å². The summed E-state index contributed by atoms with van der Waals surface area (Å²) < 4.78 is 25.6. The van der Waals surface area contributed by atoms with Gasteiger partial charge in [-0.2, -0.15) is 0 Å². The molecule has 0 spiro atoms. The van der Waals surface area contributed by atoms with Crippen LogP contribution in [0.4, 0.5) is 15.1 Å². The second kappa shape index (κ2) is 20.5. The molecule has 0 radical (unpaired) electrons. The summed E-state index contributed by atoms with van der Waals surface area (Å²) in [6, 6.07) is -2.53. The molecule has 4 aliphatic heterocycles. The van der Waals surface area contributed by atoms with Gasteiger partial charge < -0.3 is 60.4 Å². The number of esters is 2. The van der Waals surface area contributed by atoms with Crippen LogP contribution < -0.4 is 27.0 Å². The van der Waals surface area contributed by atoms with Crippen molar-refractivity contribution >= 4 is 110 Å².